The van der Waals surface area contributed by atoms with E-state index >= 15 is 0 Å². The van der Waals surface area contributed by atoms with Gasteiger partial charge in [0.15, 0.2) is 0 Å². The number of hydrogen-bond acceptors (Lipinski definition) is 3. The van der Waals surface area contributed by atoms with E-state index in [0.29, 0.717) is 12.5 Å². The summed E-state index contributed by atoms with van der Waals surface area (Å²) in [6.45, 7) is 4.98. The van der Waals surface area contributed by atoms with E-state index in [4.69, 9.17) is 5.73 Å². The number of nitrogens with zero attached hydrogens (tertiary/aromatic N) is 2. The maximum atomic E-state index is 13.5. The molecule has 0 aliphatic rings. The third kappa shape index (κ3) is 2.18. The van der Waals surface area contributed by atoms with Gasteiger partial charge in [0.25, 0.3) is 0 Å². The van der Waals surface area contributed by atoms with Crippen molar-refractivity contribution in [2.24, 2.45) is 0 Å². The fraction of sp³-hybridized carbons (Fsp3) is 0.267. The van der Waals surface area contributed by atoms with Gasteiger partial charge in [0.1, 0.15) is 5.82 Å². The fourth-order valence-corrected chi connectivity index (χ4v) is 3.26. The molecule has 0 fully saturated rings. The lowest BCUT2D eigenvalue weighted by atomic mass is 9.91. The third-order valence-electron chi connectivity index (χ3n) is 3.48. The van der Waals surface area contributed by atoms with Crippen LogP contribution in [0.4, 0.5) is 10.3 Å². The Hall–Kier alpha value is -1.88. The third-order valence-corrected chi connectivity index (χ3v) is 4.72. The molecule has 5 heteroatoms. The fourth-order valence-electron chi connectivity index (χ4n) is 2.42. The van der Waals surface area contributed by atoms with Crippen LogP contribution in [0.5, 0.6) is 0 Å². The number of nitrogen functional groups attached to an aromatic ring is 1. The first-order valence-electron chi connectivity index (χ1n) is 6.43. The molecule has 104 valence electrons. The molecule has 0 aliphatic carbocycles. The second-order valence-electron chi connectivity index (χ2n) is 5.55. The predicted molar refractivity (Wildman–Crippen MR) is 81.4 cm³/mol. The van der Waals surface area contributed by atoms with E-state index in [2.05, 4.69) is 30.3 Å². The zero-order valence-corrected chi connectivity index (χ0v) is 12.2. The Morgan fingerprint density at radius 3 is 2.85 bits per heavy atom. The number of fused-ring (bicyclic) bond motifs is 1. The van der Waals surface area contributed by atoms with Gasteiger partial charge in [-0.3, -0.25) is 0 Å². The van der Waals surface area contributed by atoms with Crippen LogP contribution in [0, 0.1) is 5.82 Å². The van der Waals surface area contributed by atoms with Crippen LogP contribution in [-0.4, -0.2) is 9.55 Å². The lowest BCUT2D eigenvalue weighted by Gasteiger charge is -2.24. The summed E-state index contributed by atoms with van der Waals surface area (Å²) in [5.41, 5.74) is 7.39. The van der Waals surface area contributed by atoms with Gasteiger partial charge in [-0.1, -0.05) is 19.9 Å². The molecule has 0 spiro atoms. The van der Waals surface area contributed by atoms with Crippen molar-refractivity contribution in [3.05, 3.63) is 46.4 Å². The number of rotatable bonds is 3. The molecule has 0 bridgehead atoms. The highest BCUT2D eigenvalue weighted by Gasteiger charge is 2.24. The summed E-state index contributed by atoms with van der Waals surface area (Å²) < 4.78 is 15.3. The average molecular weight is 289 g/mol. The highest BCUT2D eigenvalue weighted by atomic mass is 32.1. The largest absolute Gasteiger partial charge is 0.369 e. The van der Waals surface area contributed by atoms with Gasteiger partial charge >= 0.3 is 0 Å². The Labute approximate surface area is 120 Å². The molecule has 0 saturated carbocycles. The lowest BCUT2D eigenvalue weighted by molar-refractivity contribution is 0.453. The summed E-state index contributed by atoms with van der Waals surface area (Å²) in [4.78, 5) is 5.57. The van der Waals surface area contributed by atoms with Gasteiger partial charge < -0.3 is 10.3 Å². The van der Waals surface area contributed by atoms with Crippen molar-refractivity contribution >= 4 is 28.3 Å². The van der Waals surface area contributed by atoms with Gasteiger partial charge in [0, 0.05) is 16.8 Å². The van der Waals surface area contributed by atoms with Crippen LogP contribution >= 0.6 is 11.3 Å². The molecule has 2 aromatic heterocycles. The highest BCUT2D eigenvalue weighted by molar-refractivity contribution is 7.10. The van der Waals surface area contributed by atoms with Crippen LogP contribution in [0.3, 0.4) is 0 Å². The molecular formula is C15H16FN3S. The molecule has 3 nitrogen and oxygen atoms in total. The van der Waals surface area contributed by atoms with Crippen molar-refractivity contribution < 1.29 is 4.39 Å². The van der Waals surface area contributed by atoms with Crippen LogP contribution in [0.25, 0.3) is 11.0 Å². The van der Waals surface area contributed by atoms with Crippen LogP contribution in [-0.2, 0) is 12.0 Å². The van der Waals surface area contributed by atoms with Crippen LogP contribution in [0.1, 0.15) is 18.7 Å². The average Bonchev–Trinajstić information content (AvgIpc) is 3.00. The number of nitrogens with two attached hydrogens (primary N) is 1. The van der Waals surface area contributed by atoms with Crippen LogP contribution in [0.15, 0.2) is 35.7 Å². The molecule has 1 aromatic carbocycles. The smallest absolute Gasteiger partial charge is 0.201 e. The zero-order chi connectivity index (χ0) is 14.3. The summed E-state index contributed by atoms with van der Waals surface area (Å²) in [5.74, 6) is 0.155. The first-order valence-corrected chi connectivity index (χ1v) is 7.30. The summed E-state index contributed by atoms with van der Waals surface area (Å²) in [7, 11) is 0. The first-order chi connectivity index (χ1) is 9.47. The molecule has 0 radical (unpaired) electrons. The number of halogens is 1. The molecule has 0 amide bonds. The van der Waals surface area contributed by atoms with Crippen molar-refractivity contribution in [2.75, 3.05) is 5.73 Å². The minimum Gasteiger partial charge on any atom is -0.369 e. The van der Waals surface area contributed by atoms with Gasteiger partial charge in [-0.15, -0.1) is 11.3 Å². The standard InChI is InChI=1S/C15H16FN3S/c1-15(2,13-4-3-7-20-13)9-19-12-8-10(16)5-6-11(12)18-14(19)17/h3-8H,9H2,1-2H3,(H2,17,18). The molecule has 0 aliphatic heterocycles. The van der Waals surface area contributed by atoms with Gasteiger partial charge in [0.2, 0.25) is 5.95 Å². The summed E-state index contributed by atoms with van der Waals surface area (Å²) >= 11 is 1.72. The number of hydrogen-bond donors (Lipinski definition) is 1. The SMILES string of the molecule is CC(C)(Cn1c(N)nc2ccc(F)cc21)c1cccs1. The minimum absolute atomic E-state index is 0.0811. The Balaban J connectivity index is 2.06. The molecule has 3 aromatic rings. The molecule has 0 unspecified atom stereocenters. The van der Waals surface area contributed by atoms with Gasteiger partial charge in [-0.2, -0.15) is 0 Å². The van der Waals surface area contributed by atoms with Crippen molar-refractivity contribution in [1.29, 1.82) is 0 Å². The quantitative estimate of drug-likeness (QED) is 0.797. The van der Waals surface area contributed by atoms with Gasteiger partial charge in [-0.05, 0) is 29.6 Å². The van der Waals surface area contributed by atoms with E-state index in [-0.39, 0.29) is 11.2 Å². The monoisotopic (exact) mass is 289 g/mol. The minimum atomic E-state index is -0.271. The molecule has 0 saturated heterocycles. The topological polar surface area (TPSA) is 43.8 Å². The normalized spacial score (nSPS) is 12.2. The lowest BCUT2D eigenvalue weighted by Crippen LogP contribution is -2.24. The van der Waals surface area contributed by atoms with Crippen molar-refractivity contribution in [3.8, 4) is 0 Å². The van der Waals surface area contributed by atoms with Crippen molar-refractivity contribution in [2.45, 2.75) is 25.8 Å². The van der Waals surface area contributed by atoms with E-state index in [1.54, 1.807) is 17.4 Å². The summed E-state index contributed by atoms with van der Waals surface area (Å²) in [5, 5.41) is 2.06. The Kier molecular flexibility index (Phi) is 3.01. The molecule has 3 rings (SSSR count). The second-order valence-corrected chi connectivity index (χ2v) is 6.50. The van der Waals surface area contributed by atoms with E-state index in [0.717, 1.165) is 11.0 Å². The maximum Gasteiger partial charge on any atom is 0.201 e. The van der Waals surface area contributed by atoms with Crippen molar-refractivity contribution in [3.63, 3.8) is 0 Å². The number of benzene rings is 1. The molecule has 2 heterocycles. The van der Waals surface area contributed by atoms with Gasteiger partial charge in [-0.25, -0.2) is 9.37 Å². The Bertz CT molecular complexity index is 744. The van der Waals surface area contributed by atoms with E-state index in [1.165, 1.54) is 17.0 Å². The Morgan fingerprint density at radius 1 is 1.35 bits per heavy atom. The first kappa shape index (κ1) is 13.1. The van der Waals surface area contributed by atoms with E-state index in [1.807, 2.05) is 10.6 Å². The number of imidazole rings is 1. The maximum absolute atomic E-state index is 13.5. The van der Waals surface area contributed by atoms with Crippen LogP contribution in [0.2, 0.25) is 0 Å². The number of thiophene rings is 1. The predicted octanol–water partition coefficient (Wildman–Crippen LogP) is 3.80. The van der Waals surface area contributed by atoms with E-state index < -0.39 is 0 Å². The highest BCUT2D eigenvalue weighted by Crippen LogP contribution is 2.31. The van der Waals surface area contributed by atoms with E-state index in [9.17, 15) is 4.39 Å². The molecular weight excluding hydrogens is 273 g/mol. The Morgan fingerprint density at radius 2 is 2.15 bits per heavy atom. The molecule has 2 N–H and O–H groups in total. The summed E-state index contributed by atoms with van der Waals surface area (Å²) in [6, 6.07) is 8.71. The molecule has 20 heavy (non-hydrogen) atoms. The van der Waals surface area contributed by atoms with Crippen LogP contribution < -0.4 is 5.73 Å². The number of aromatic nitrogens is 2. The van der Waals surface area contributed by atoms with Crippen molar-refractivity contribution in [1.82, 2.24) is 9.55 Å². The second kappa shape index (κ2) is 4.59. The van der Waals surface area contributed by atoms with Gasteiger partial charge in [0.05, 0.1) is 11.0 Å². The molecule has 0 atom stereocenters. The number of anilines is 1. The zero-order valence-electron chi connectivity index (χ0n) is 11.4. The summed E-state index contributed by atoms with van der Waals surface area (Å²) in [6.07, 6.45) is 0.